The minimum Gasteiger partial charge on any atom is -0.465 e. The number of furan rings is 2. The fourth-order valence-electron chi connectivity index (χ4n) is 1.51. The molecule has 2 rings (SSSR count). The van der Waals surface area contributed by atoms with Gasteiger partial charge in [0.05, 0.1) is 13.1 Å². The normalized spacial score (nSPS) is 11.9. The minimum absolute atomic E-state index is 0.0243. The average Bonchev–Trinajstić information content (AvgIpc) is 2.93. The van der Waals surface area contributed by atoms with Crippen LogP contribution in [0.25, 0.3) is 0 Å². The first-order valence-corrected chi connectivity index (χ1v) is 7.73. The standard InChI is InChI=1S/C11H13BrN2O4S/c1-7-2-3-8(17-7)6-14-19(15,16)10-4-9(5-13)18-11(10)12/h2-4,14H,5-6,13H2,1H3. The van der Waals surface area contributed by atoms with Gasteiger partial charge in [0.1, 0.15) is 22.2 Å². The third-order valence-corrected chi connectivity index (χ3v) is 4.69. The molecule has 0 saturated carbocycles. The molecular weight excluding hydrogens is 336 g/mol. The lowest BCUT2D eigenvalue weighted by atomic mass is 10.4. The van der Waals surface area contributed by atoms with Crippen LogP contribution in [0.15, 0.2) is 36.6 Å². The largest absolute Gasteiger partial charge is 0.465 e. The van der Waals surface area contributed by atoms with Crippen molar-refractivity contribution in [2.24, 2.45) is 5.73 Å². The molecule has 2 aromatic heterocycles. The molecule has 0 aliphatic rings. The molecule has 104 valence electrons. The van der Waals surface area contributed by atoms with Gasteiger partial charge in [-0.2, -0.15) is 0 Å². The third-order valence-electron chi connectivity index (χ3n) is 2.43. The van der Waals surface area contributed by atoms with Crippen LogP contribution in [-0.4, -0.2) is 8.42 Å². The van der Waals surface area contributed by atoms with Gasteiger partial charge in [-0.1, -0.05) is 0 Å². The number of sulfonamides is 1. The zero-order chi connectivity index (χ0) is 14.0. The molecule has 0 radical (unpaired) electrons. The Morgan fingerprint density at radius 1 is 1.32 bits per heavy atom. The number of hydrogen-bond donors (Lipinski definition) is 2. The summed E-state index contributed by atoms with van der Waals surface area (Å²) < 4.78 is 37.2. The van der Waals surface area contributed by atoms with Crippen molar-refractivity contribution in [1.29, 1.82) is 0 Å². The summed E-state index contributed by atoms with van der Waals surface area (Å²) in [6.07, 6.45) is 0. The molecule has 8 heteroatoms. The van der Waals surface area contributed by atoms with E-state index in [0.717, 1.165) is 5.76 Å². The number of aryl methyl sites for hydroxylation is 1. The number of nitrogens with one attached hydrogen (secondary N) is 1. The van der Waals surface area contributed by atoms with Crippen molar-refractivity contribution in [2.75, 3.05) is 0 Å². The second-order valence-electron chi connectivity index (χ2n) is 3.89. The highest BCUT2D eigenvalue weighted by atomic mass is 79.9. The molecule has 0 saturated heterocycles. The van der Waals surface area contributed by atoms with E-state index in [0.29, 0.717) is 11.5 Å². The number of nitrogens with two attached hydrogens (primary N) is 1. The van der Waals surface area contributed by atoms with Crippen LogP contribution in [0.2, 0.25) is 0 Å². The van der Waals surface area contributed by atoms with E-state index in [1.54, 1.807) is 19.1 Å². The zero-order valence-electron chi connectivity index (χ0n) is 10.1. The van der Waals surface area contributed by atoms with E-state index in [2.05, 4.69) is 20.7 Å². The number of hydrogen-bond acceptors (Lipinski definition) is 5. The fourth-order valence-corrected chi connectivity index (χ4v) is 3.49. The first-order valence-electron chi connectivity index (χ1n) is 5.45. The second-order valence-corrected chi connectivity index (χ2v) is 6.35. The predicted octanol–water partition coefficient (Wildman–Crippen LogP) is 1.88. The summed E-state index contributed by atoms with van der Waals surface area (Å²) in [7, 11) is -3.68. The van der Waals surface area contributed by atoms with Gasteiger partial charge in [0, 0.05) is 6.07 Å². The zero-order valence-corrected chi connectivity index (χ0v) is 12.5. The first kappa shape index (κ1) is 14.3. The molecule has 0 aliphatic carbocycles. The number of halogens is 1. The molecule has 6 nitrogen and oxygen atoms in total. The Morgan fingerprint density at radius 2 is 2.05 bits per heavy atom. The van der Waals surface area contributed by atoms with Gasteiger partial charge in [-0.3, -0.25) is 0 Å². The molecule has 0 unspecified atom stereocenters. The summed E-state index contributed by atoms with van der Waals surface area (Å²) >= 11 is 3.06. The van der Waals surface area contributed by atoms with Crippen molar-refractivity contribution in [3.63, 3.8) is 0 Å². The van der Waals surface area contributed by atoms with Gasteiger partial charge in [-0.25, -0.2) is 13.1 Å². The molecule has 0 bridgehead atoms. The molecule has 19 heavy (non-hydrogen) atoms. The van der Waals surface area contributed by atoms with E-state index in [1.807, 2.05) is 0 Å². The van der Waals surface area contributed by atoms with Gasteiger partial charge in [0.2, 0.25) is 10.0 Å². The summed E-state index contributed by atoms with van der Waals surface area (Å²) in [6.45, 7) is 2.00. The quantitative estimate of drug-likeness (QED) is 0.859. The summed E-state index contributed by atoms with van der Waals surface area (Å²) in [5.41, 5.74) is 5.40. The van der Waals surface area contributed by atoms with Gasteiger partial charge < -0.3 is 14.6 Å². The van der Waals surface area contributed by atoms with Crippen LogP contribution < -0.4 is 10.5 Å². The maximum atomic E-state index is 12.1. The molecule has 0 aliphatic heterocycles. The second kappa shape index (κ2) is 5.49. The molecule has 0 fully saturated rings. The maximum Gasteiger partial charge on any atom is 0.245 e. The SMILES string of the molecule is Cc1ccc(CNS(=O)(=O)c2cc(CN)oc2Br)o1. The fraction of sp³-hybridized carbons (Fsp3) is 0.273. The van der Waals surface area contributed by atoms with E-state index in [-0.39, 0.29) is 22.7 Å². The first-order chi connectivity index (χ1) is 8.92. The van der Waals surface area contributed by atoms with Gasteiger partial charge in [0.25, 0.3) is 0 Å². The van der Waals surface area contributed by atoms with Crippen LogP contribution >= 0.6 is 15.9 Å². The van der Waals surface area contributed by atoms with E-state index >= 15 is 0 Å². The van der Waals surface area contributed by atoms with Crippen LogP contribution in [0.3, 0.4) is 0 Å². The molecule has 0 amide bonds. The van der Waals surface area contributed by atoms with Crippen molar-refractivity contribution in [2.45, 2.75) is 24.9 Å². The van der Waals surface area contributed by atoms with Crippen molar-refractivity contribution >= 4 is 26.0 Å². The lowest BCUT2D eigenvalue weighted by molar-refractivity contribution is 0.473. The number of rotatable bonds is 5. The van der Waals surface area contributed by atoms with E-state index < -0.39 is 10.0 Å². The van der Waals surface area contributed by atoms with Crippen molar-refractivity contribution in [1.82, 2.24) is 4.72 Å². The monoisotopic (exact) mass is 348 g/mol. The Labute approximate surface area is 119 Å². The Kier molecular flexibility index (Phi) is 4.14. The molecule has 3 N–H and O–H groups in total. The predicted molar refractivity (Wildman–Crippen MR) is 71.8 cm³/mol. The lowest BCUT2D eigenvalue weighted by Gasteiger charge is -2.02. The van der Waals surface area contributed by atoms with Crippen LogP contribution in [-0.2, 0) is 23.1 Å². The molecule has 0 atom stereocenters. The summed E-state index contributed by atoms with van der Waals surface area (Å²) in [5, 5.41) is 0. The van der Waals surface area contributed by atoms with Gasteiger partial charge in [0.15, 0.2) is 4.67 Å². The highest BCUT2D eigenvalue weighted by Crippen LogP contribution is 2.26. The Bertz CT molecular complexity index is 675. The van der Waals surface area contributed by atoms with Gasteiger partial charge >= 0.3 is 0 Å². The van der Waals surface area contributed by atoms with E-state index in [1.165, 1.54) is 6.07 Å². The van der Waals surface area contributed by atoms with Crippen LogP contribution in [0, 0.1) is 6.92 Å². The molecule has 2 heterocycles. The summed E-state index contributed by atoms with van der Waals surface area (Å²) in [6, 6.07) is 4.87. The smallest absolute Gasteiger partial charge is 0.245 e. The Hall–Kier alpha value is -1.09. The van der Waals surface area contributed by atoms with E-state index in [4.69, 9.17) is 14.6 Å². The van der Waals surface area contributed by atoms with Crippen molar-refractivity contribution in [3.8, 4) is 0 Å². The highest BCUT2D eigenvalue weighted by Gasteiger charge is 2.22. The maximum absolute atomic E-state index is 12.1. The average molecular weight is 349 g/mol. The van der Waals surface area contributed by atoms with Gasteiger partial charge in [-0.15, -0.1) is 0 Å². The van der Waals surface area contributed by atoms with Crippen LogP contribution in [0.1, 0.15) is 17.3 Å². The van der Waals surface area contributed by atoms with E-state index in [9.17, 15) is 8.42 Å². The summed E-state index contributed by atoms with van der Waals surface area (Å²) in [4.78, 5) is 0.0243. The van der Waals surface area contributed by atoms with Gasteiger partial charge in [-0.05, 0) is 35.0 Å². The third kappa shape index (κ3) is 3.27. The molecular formula is C11H13BrN2O4S. The molecule has 0 aromatic carbocycles. The summed E-state index contributed by atoms with van der Waals surface area (Å²) in [5.74, 6) is 1.66. The topological polar surface area (TPSA) is 98.5 Å². The van der Waals surface area contributed by atoms with Crippen molar-refractivity contribution < 1.29 is 17.3 Å². The highest BCUT2D eigenvalue weighted by molar-refractivity contribution is 9.10. The minimum atomic E-state index is -3.68. The van der Waals surface area contributed by atoms with Crippen molar-refractivity contribution in [3.05, 3.63) is 40.1 Å². The Balaban J connectivity index is 2.15. The van der Waals surface area contributed by atoms with Crippen LogP contribution in [0.5, 0.6) is 0 Å². The lowest BCUT2D eigenvalue weighted by Crippen LogP contribution is -2.22. The Morgan fingerprint density at radius 3 is 2.58 bits per heavy atom. The van der Waals surface area contributed by atoms with Crippen LogP contribution in [0.4, 0.5) is 0 Å². The molecule has 0 spiro atoms. The molecule has 2 aromatic rings.